The second kappa shape index (κ2) is 9.89. The Morgan fingerprint density at radius 2 is 1.95 bits per heavy atom. The fourth-order valence-electron chi connectivity index (χ4n) is 1.09. The normalized spacial score (nSPS) is 11.4. The summed E-state index contributed by atoms with van der Waals surface area (Å²) in [6.07, 6.45) is 1.72. The second-order valence-electron chi connectivity index (χ2n) is 3.58. The molecule has 8 heteroatoms. The number of carboxylic acids is 2. The Balaban J connectivity index is 3.84. The number of ether oxygens (including phenoxy) is 1. The summed E-state index contributed by atoms with van der Waals surface area (Å²) in [6.45, 7) is 4.48. The molecule has 0 aromatic carbocycles. The molecule has 0 aromatic heterocycles. The molecule has 8 nitrogen and oxygen atoms in total. The Labute approximate surface area is 110 Å². The second-order valence-corrected chi connectivity index (χ2v) is 3.58. The van der Waals surface area contributed by atoms with Crippen LogP contribution in [-0.2, 0) is 14.3 Å². The van der Waals surface area contributed by atoms with Crippen LogP contribution in [0.15, 0.2) is 12.7 Å². The van der Waals surface area contributed by atoms with Crippen LogP contribution in [0.1, 0.15) is 12.8 Å². The van der Waals surface area contributed by atoms with Crippen LogP contribution >= 0.6 is 0 Å². The molecule has 0 aliphatic rings. The van der Waals surface area contributed by atoms with Crippen LogP contribution in [0.2, 0.25) is 0 Å². The van der Waals surface area contributed by atoms with Crippen molar-refractivity contribution in [2.75, 3.05) is 19.8 Å². The first kappa shape index (κ1) is 16.9. The van der Waals surface area contributed by atoms with Crippen LogP contribution in [0, 0.1) is 0 Å². The van der Waals surface area contributed by atoms with Crippen molar-refractivity contribution in [1.82, 2.24) is 10.6 Å². The Morgan fingerprint density at radius 3 is 2.47 bits per heavy atom. The Bertz CT molecular complexity index is 331. The SMILES string of the molecule is C=CCCOCCNC(=O)NC(CC(=O)O)C(=O)O. The number of rotatable bonds is 10. The van der Waals surface area contributed by atoms with Gasteiger partial charge in [0.2, 0.25) is 0 Å². The highest BCUT2D eigenvalue weighted by molar-refractivity contribution is 5.86. The Kier molecular flexibility index (Phi) is 8.80. The minimum Gasteiger partial charge on any atom is -0.481 e. The van der Waals surface area contributed by atoms with Gasteiger partial charge >= 0.3 is 18.0 Å². The summed E-state index contributed by atoms with van der Waals surface area (Å²) in [5.74, 6) is -2.71. The van der Waals surface area contributed by atoms with E-state index < -0.39 is 30.4 Å². The lowest BCUT2D eigenvalue weighted by atomic mass is 10.2. The van der Waals surface area contributed by atoms with Crippen LogP contribution in [0.25, 0.3) is 0 Å². The van der Waals surface area contributed by atoms with E-state index in [2.05, 4.69) is 11.9 Å². The molecule has 0 radical (unpaired) electrons. The van der Waals surface area contributed by atoms with Gasteiger partial charge in [-0.15, -0.1) is 6.58 Å². The number of carbonyl (C=O) groups is 3. The summed E-state index contributed by atoms with van der Waals surface area (Å²) in [5.41, 5.74) is 0. The zero-order valence-electron chi connectivity index (χ0n) is 10.4. The largest absolute Gasteiger partial charge is 0.481 e. The quantitative estimate of drug-likeness (QED) is 0.323. The van der Waals surface area contributed by atoms with Crippen LogP contribution in [0.5, 0.6) is 0 Å². The third-order valence-electron chi connectivity index (χ3n) is 1.98. The van der Waals surface area contributed by atoms with Gasteiger partial charge in [0.1, 0.15) is 6.04 Å². The van der Waals surface area contributed by atoms with E-state index in [1.807, 2.05) is 5.32 Å². The molecule has 0 saturated heterocycles. The molecule has 0 fully saturated rings. The number of amides is 2. The lowest BCUT2D eigenvalue weighted by molar-refractivity contribution is -0.145. The van der Waals surface area contributed by atoms with Crippen molar-refractivity contribution < 1.29 is 29.3 Å². The van der Waals surface area contributed by atoms with E-state index in [1.165, 1.54) is 0 Å². The first-order valence-electron chi connectivity index (χ1n) is 5.65. The predicted octanol–water partition coefficient (Wildman–Crippen LogP) is -0.194. The molecule has 0 heterocycles. The van der Waals surface area contributed by atoms with Crippen molar-refractivity contribution in [3.63, 3.8) is 0 Å². The summed E-state index contributed by atoms with van der Waals surface area (Å²) in [7, 11) is 0. The lowest BCUT2D eigenvalue weighted by Gasteiger charge is -2.13. The number of nitrogens with one attached hydrogen (secondary N) is 2. The van der Waals surface area contributed by atoms with Crippen molar-refractivity contribution in [2.24, 2.45) is 0 Å². The number of carboxylic acid groups (broad SMARTS) is 2. The zero-order chi connectivity index (χ0) is 14.7. The molecule has 0 aliphatic heterocycles. The highest BCUT2D eigenvalue weighted by Crippen LogP contribution is 1.92. The van der Waals surface area contributed by atoms with Crippen molar-refractivity contribution in [2.45, 2.75) is 18.9 Å². The number of urea groups is 1. The van der Waals surface area contributed by atoms with Crippen LogP contribution < -0.4 is 10.6 Å². The molecule has 0 aliphatic carbocycles. The molecule has 0 aromatic rings. The van der Waals surface area contributed by atoms with E-state index in [0.29, 0.717) is 13.0 Å². The molecule has 108 valence electrons. The molecule has 1 unspecified atom stereocenters. The fraction of sp³-hybridized carbons (Fsp3) is 0.545. The molecular formula is C11H18N2O6. The van der Waals surface area contributed by atoms with Gasteiger partial charge in [-0.05, 0) is 6.42 Å². The van der Waals surface area contributed by atoms with Crippen LogP contribution in [0.3, 0.4) is 0 Å². The van der Waals surface area contributed by atoms with Gasteiger partial charge in [0.25, 0.3) is 0 Å². The standard InChI is InChI=1S/C11H18N2O6/c1-2-3-5-19-6-4-12-11(18)13-8(10(16)17)7-9(14)15/h2,8H,1,3-7H2,(H,14,15)(H,16,17)(H2,12,13,18). The minimum absolute atomic E-state index is 0.197. The Hall–Kier alpha value is -2.09. The molecule has 1 atom stereocenters. The predicted molar refractivity (Wildman–Crippen MR) is 65.8 cm³/mol. The average molecular weight is 274 g/mol. The third-order valence-corrected chi connectivity index (χ3v) is 1.98. The maximum atomic E-state index is 11.3. The number of aliphatic carboxylic acids is 2. The van der Waals surface area contributed by atoms with E-state index in [1.54, 1.807) is 6.08 Å². The van der Waals surface area contributed by atoms with Gasteiger partial charge in [-0.2, -0.15) is 0 Å². The van der Waals surface area contributed by atoms with Gasteiger partial charge in [-0.3, -0.25) is 4.79 Å². The van der Waals surface area contributed by atoms with Crippen molar-refractivity contribution in [1.29, 1.82) is 0 Å². The van der Waals surface area contributed by atoms with Gasteiger partial charge < -0.3 is 25.6 Å². The van der Waals surface area contributed by atoms with Gasteiger partial charge in [-0.1, -0.05) is 6.08 Å². The molecule has 2 amide bonds. The molecule has 0 spiro atoms. The van der Waals surface area contributed by atoms with Crippen molar-refractivity contribution in [3.05, 3.63) is 12.7 Å². The maximum Gasteiger partial charge on any atom is 0.326 e. The highest BCUT2D eigenvalue weighted by atomic mass is 16.5. The number of carbonyl (C=O) groups excluding carboxylic acids is 1. The average Bonchev–Trinajstić information content (AvgIpc) is 2.32. The molecular weight excluding hydrogens is 256 g/mol. The van der Waals surface area contributed by atoms with Gasteiger partial charge in [0, 0.05) is 6.54 Å². The van der Waals surface area contributed by atoms with Crippen molar-refractivity contribution in [3.8, 4) is 0 Å². The summed E-state index contributed by atoms with van der Waals surface area (Å²) < 4.78 is 5.12. The molecule has 19 heavy (non-hydrogen) atoms. The van der Waals surface area contributed by atoms with E-state index in [4.69, 9.17) is 14.9 Å². The van der Waals surface area contributed by atoms with Gasteiger partial charge in [0.15, 0.2) is 0 Å². The monoisotopic (exact) mass is 274 g/mol. The molecule has 0 bridgehead atoms. The molecule has 0 rings (SSSR count). The van der Waals surface area contributed by atoms with Gasteiger partial charge in [0.05, 0.1) is 19.6 Å². The van der Waals surface area contributed by atoms with Crippen LogP contribution in [0.4, 0.5) is 4.79 Å². The van der Waals surface area contributed by atoms with Gasteiger partial charge in [-0.25, -0.2) is 9.59 Å². The Morgan fingerprint density at radius 1 is 1.26 bits per heavy atom. The highest BCUT2D eigenvalue weighted by Gasteiger charge is 2.22. The van der Waals surface area contributed by atoms with E-state index >= 15 is 0 Å². The van der Waals surface area contributed by atoms with E-state index in [-0.39, 0.29) is 13.2 Å². The lowest BCUT2D eigenvalue weighted by Crippen LogP contribution is -2.47. The molecule has 4 N–H and O–H groups in total. The van der Waals surface area contributed by atoms with E-state index in [0.717, 1.165) is 0 Å². The topological polar surface area (TPSA) is 125 Å². The minimum atomic E-state index is -1.46. The first-order valence-corrected chi connectivity index (χ1v) is 5.65. The maximum absolute atomic E-state index is 11.3. The van der Waals surface area contributed by atoms with E-state index in [9.17, 15) is 14.4 Å². The first-order chi connectivity index (χ1) is 8.97. The van der Waals surface area contributed by atoms with Crippen molar-refractivity contribution >= 4 is 18.0 Å². The fourth-order valence-corrected chi connectivity index (χ4v) is 1.09. The zero-order valence-corrected chi connectivity index (χ0v) is 10.4. The smallest absolute Gasteiger partial charge is 0.326 e. The summed E-state index contributed by atoms with van der Waals surface area (Å²) >= 11 is 0. The summed E-state index contributed by atoms with van der Waals surface area (Å²) in [4.78, 5) is 32.4. The molecule has 0 saturated carbocycles. The van der Waals surface area contributed by atoms with Crippen LogP contribution in [-0.4, -0.2) is 54.0 Å². The number of hydrogen-bond acceptors (Lipinski definition) is 4. The summed E-state index contributed by atoms with van der Waals surface area (Å²) in [6, 6.07) is -2.21. The summed E-state index contributed by atoms with van der Waals surface area (Å²) in [5, 5.41) is 21.6. The third kappa shape index (κ3) is 9.60. The number of hydrogen-bond donors (Lipinski definition) is 4.